The summed E-state index contributed by atoms with van der Waals surface area (Å²) in [5.74, 6) is 0. The predicted octanol–water partition coefficient (Wildman–Crippen LogP) is 2.38. The maximum atomic E-state index is 11.4. The number of ether oxygens (including phenoxy) is 1. The Labute approximate surface area is 108 Å². The van der Waals surface area contributed by atoms with E-state index in [0.717, 1.165) is 12.0 Å². The van der Waals surface area contributed by atoms with Gasteiger partial charge in [0.25, 0.3) is 0 Å². The minimum absolute atomic E-state index is 0.196. The van der Waals surface area contributed by atoms with Gasteiger partial charge in [-0.2, -0.15) is 0 Å². The number of amides is 2. The summed E-state index contributed by atoms with van der Waals surface area (Å²) in [6.45, 7) is 3.96. The van der Waals surface area contributed by atoms with E-state index >= 15 is 0 Å². The second-order valence-corrected chi connectivity index (χ2v) is 3.69. The molecule has 18 heavy (non-hydrogen) atoms. The maximum Gasteiger partial charge on any atom is 0.318 e. The summed E-state index contributed by atoms with van der Waals surface area (Å²) in [6.07, 6.45) is 4.30. The summed E-state index contributed by atoms with van der Waals surface area (Å²) in [4.78, 5) is 11.4. The topological polar surface area (TPSA) is 50.4 Å². The highest BCUT2D eigenvalue weighted by atomic mass is 16.5. The van der Waals surface area contributed by atoms with Crippen LogP contribution < -0.4 is 10.6 Å². The van der Waals surface area contributed by atoms with Gasteiger partial charge in [-0.3, -0.25) is 0 Å². The molecular formula is C14H20N2O2. The SMILES string of the molecule is CCOCCCNC(=O)N/C=C/c1ccccc1. The molecule has 4 heteroatoms. The smallest absolute Gasteiger partial charge is 0.318 e. The molecule has 0 aliphatic heterocycles. The van der Waals surface area contributed by atoms with Gasteiger partial charge in [0, 0.05) is 26.0 Å². The minimum Gasteiger partial charge on any atom is -0.382 e. The van der Waals surface area contributed by atoms with Gasteiger partial charge >= 0.3 is 6.03 Å². The molecule has 2 amide bonds. The summed E-state index contributed by atoms with van der Waals surface area (Å²) in [5.41, 5.74) is 1.05. The van der Waals surface area contributed by atoms with Crippen LogP contribution in [-0.4, -0.2) is 25.8 Å². The Balaban J connectivity index is 2.11. The van der Waals surface area contributed by atoms with E-state index in [0.29, 0.717) is 19.8 Å². The lowest BCUT2D eigenvalue weighted by molar-refractivity contribution is 0.145. The van der Waals surface area contributed by atoms with Crippen molar-refractivity contribution in [1.82, 2.24) is 10.6 Å². The van der Waals surface area contributed by atoms with Gasteiger partial charge in [-0.05, 0) is 25.0 Å². The number of benzene rings is 1. The highest BCUT2D eigenvalue weighted by Crippen LogP contribution is 1.99. The van der Waals surface area contributed by atoms with Crippen molar-refractivity contribution in [2.24, 2.45) is 0 Å². The van der Waals surface area contributed by atoms with Gasteiger partial charge in [0.2, 0.25) is 0 Å². The normalized spacial score (nSPS) is 10.5. The summed E-state index contributed by atoms with van der Waals surface area (Å²) in [7, 11) is 0. The Hall–Kier alpha value is -1.81. The van der Waals surface area contributed by atoms with Crippen LogP contribution in [0.4, 0.5) is 4.79 Å². The van der Waals surface area contributed by atoms with Crippen molar-refractivity contribution in [1.29, 1.82) is 0 Å². The van der Waals surface area contributed by atoms with Crippen molar-refractivity contribution >= 4 is 12.1 Å². The highest BCUT2D eigenvalue weighted by molar-refractivity contribution is 5.75. The van der Waals surface area contributed by atoms with Crippen LogP contribution in [0.1, 0.15) is 18.9 Å². The van der Waals surface area contributed by atoms with Crippen molar-refractivity contribution in [3.05, 3.63) is 42.1 Å². The van der Waals surface area contributed by atoms with Crippen molar-refractivity contribution in [3.63, 3.8) is 0 Å². The van der Waals surface area contributed by atoms with Crippen molar-refractivity contribution in [2.45, 2.75) is 13.3 Å². The van der Waals surface area contributed by atoms with Gasteiger partial charge in [-0.15, -0.1) is 0 Å². The van der Waals surface area contributed by atoms with Gasteiger partial charge in [0.05, 0.1) is 0 Å². The standard InChI is InChI=1S/C14H20N2O2/c1-2-18-12-6-10-15-14(17)16-11-9-13-7-4-3-5-8-13/h3-5,7-9,11H,2,6,10,12H2,1H3,(H2,15,16,17)/b11-9+. The monoisotopic (exact) mass is 248 g/mol. The Kier molecular flexibility index (Phi) is 7.32. The van der Waals surface area contributed by atoms with E-state index in [1.165, 1.54) is 0 Å². The molecule has 1 aromatic carbocycles. The second-order valence-electron chi connectivity index (χ2n) is 3.69. The highest BCUT2D eigenvalue weighted by Gasteiger charge is 1.95. The third-order valence-corrected chi connectivity index (χ3v) is 2.24. The second kappa shape index (κ2) is 9.24. The predicted molar refractivity (Wildman–Crippen MR) is 73.1 cm³/mol. The molecule has 0 saturated heterocycles. The van der Waals surface area contributed by atoms with Crippen LogP contribution in [-0.2, 0) is 4.74 Å². The summed E-state index contributed by atoms with van der Waals surface area (Å²) < 4.78 is 5.17. The van der Waals surface area contributed by atoms with Gasteiger partial charge in [0.1, 0.15) is 0 Å². The van der Waals surface area contributed by atoms with E-state index in [4.69, 9.17) is 4.74 Å². The van der Waals surface area contributed by atoms with E-state index in [-0.39, 0.29) is 6.03 Å². The fourth-order valence-electron chi connectivity index (χ4n) is 1.35. The number of rotatable bonds is 7. The fraction of sp³-hybridized carbons (Fsp3) is 0.357. The fourth-order valence-corrected chi connectivity index (χ4v) is 1.35. The Bertz CT molecular complexity index is 363. The van der Waals surface area contributed by atoms with E-state index in [1.54, 1.807) is 6.20 Å². The molecule has 0 aliphatic carbocycles. The van der Waals surface area contributed by atoms with Gasteiger partial charge in [-0.1, -0.05) is 30.3 Å². The van der Waals surface area contributed by atoms with E-state index in [2.05, 4.69) is 10.6 Å². The Morgan fingerprint density at radius 1 is 1.33 bits per heavy atom. The average Bonchev–Trinajstić information content (AvgIpc) is 2.40. The molecule has 0 aliphatic rings. The van der Waals surface area contributed by atoms with Crippen molar-refractivity contribution in [2.75, 3.05) is 19.8 Å². The Morgan fingerprint density at radius 3 is 2.83 bits per heavy atom. The molecule has 0 radical (unpaired) electrons. The molecule has 1 rings (SSSR count). The number of hydrogen-bond donors (Lipinski definition) is 2. The van der Waals surface area contributed by atoms with E-state index in [1.807, 2.05) is 43.3 Å². The van der Waals surface area contributed by atoms with Crippen molar-refractivity contribution < 1.29 is 9.53 Å². The largest absolute Gasteiger partial charge is 0.382 e. The molecule has 0 atom stereocenters. The average molecular weight is 248 g/mol. The molecule has 0 unspecified atom stereocenters. The van der Waals surface area contributed by atoms with E-state index < -0.39 is 0 Å². The summed E-state index contributed by atoms with van der Waals surface area (Å²) in [6, 6.07) is 9.60. The third kappa shape index (κ3) is 6.70. The zero-order valence-electron chi connectivity index (χ0n) is 10.7. The van der Waals surface area contributed by atoms with Crippen molar-refractivity contribution in [3.8, 4) is 0 Å². The van der Waals surface area contributed by atoms with Crippen LogP contribution in [0.25, 0.3) is 6.08 Å². The van der Waals surface area contributed by atoms with Crippen LogP contribution in [0.2, 0.25) is 0 Å². The van der Waals surface area contributed by atoms with Gasteiger partial charge < -0.3 is 15.4 Å². The molecule has 98 valence electrons. The lowest BCUT2D eigenvalue weighted by Crippen LogP contribution is -2.33. The molecule has 0 bridgehead atoms. The molecule has 2 N–H and O–H groups in total. The van der Waals surface area contributed by atoms with Crippen LogP contribution in [0.5, 0.6) is 0 Å². The molecule has 0 aromatic heterocycles. The zero-order valence-corrected chi connectivity index (χ0v) is 10.7. The number of hydrogen-bond acceptors (Lipinski definition) is 2. The number of urea groups is 1. The summed E-state index contributed by atoms with van der Waals surface area (Å²) >= 11 is 0. The van der Waals surface area contributed by atoms with Gasteiger partial charge in [0.15, 0.2) is 0 Å². The van der Waals surface area contributed by atoms with Crippen LogP contribution >= 0.6 is 0 Å². The molecule has 0 fully saturated rings. The molecular weight excluding hydrogens is 228 g/mol. The van der Waals surface area contributed by atoms with Crippen LogP contribution in [0, 0.1) is 0 Å². The number of carbonyl (C=O) groups excluding carboxylic acids is 1. The quantitative estimate of drug-likeness (QED) is 0.728. The molecule has 0 heterocycles. The van der Waals surface area contributed by atoms with E-state index in [9.17, 15) is 4.79 Å². The lowest BCUT2D eigenvalue weighted by Gasteiger charge is -2.04. The third-order valence-electron chi connectivity index (χ3n) is 2.24. The number of carbonyl (C=O) groups is 1. The summed E-state index contributed by atoms with van der Waals surface area (Å²) in [5, 5.41) is 5.40. The molecule has 1 aromatic rings. The first-order valence-electron chi connectivity index (χ1n) is 6.16. The first-order chi connectivity index (χ1) is 8.83. The molecule has 4 nitrogen and oxygen atoms in total. The van der Waals surface area contributed by atoms with Crippen LogP contribution in [0.3, 0.4) is 0 Å². The molecule has 0 spiro atoms. The zero-order chi connectivity index (χ0) is 13.1. The van der Waals surface area contributed by atoms with Gasteiger partial charge in [-0.25, -0.2) is 4.79 Å². The minimum atomic E-state index is -0.196. The number of nitrogens with one attached hydrogen (secondary N) is 2. The van der Waals surface area contributed by atoms with Crippen LogP contribution in [0.15, 0.2) is 36.5 Å². The maximum absolute atomic E-state index is 11.4. The first kappa shape index (κ1) is 14.3. The Morgan fingerprint density at radius 2 is 2.11 bits per heavy atom. The lowest BCUT2D eigenvalue weighted by atomic mass is 10.2. The first-order valence-corrected chi connectivity index (χ1v) is 6.16. The molecule has 0 saturated carbocycles.